The smallest absolute Gasteiger partial charge is 0.238 e. The van der Waals surface area contributed by atoms with Gasteiger partial charge in [0.1, 0.15) is 5.82 Å². The van der Waals surface area contributed by atoms with E-state index in [2.05, 4.69) is 15.1 Å². The molecule has 1 aliphatic heterocycles. The van der Waals surface area contributed by atoms with E-state index >= 15 is 0 Å². The number of nitrogens with zero attached hydrogens (tertiary/aromatic N) is 2. The molecule has 4 nitrogen and oxygen atoms in total. The molecule has 0 aliphatic carbocycles. The largest absolute Gasteiger partial charge is 0.369 e. The number of piperazine rings is 1. The molecule has 0 spiro atoms. The summed E-state index contributed by atoms with van der Waals surface area (Å²) in [6.45, 7) is 3.51. The monoisotopic (exact) mass is 381 g/mol. The van der Waals surface area contributed by atoms with Crippen LogP contribution in [0.25, 0.3) is 0 Å². The molecule has 1 saturated heterocycles. The number of rotatable bonds is 4. The summed E-state index contributed by atoms with van der Waals surface area (Å²) in [7, 11) is 0. The number of carbonyl (C=O) groups is 1. The first-order valence-electron chi connectivity index (χ1n) is 7.99. The minimum Gasteiger partial charge on any atom is -0.369 e. The maximum Gasteiger partial charge on any atom is 0.238 e. The van der Waals surface area contributed by atoms with Crippen molar-refractivity contribution >= 4 is 40.5 Å². The van der Waals surface area contributed by atoms with Gasteiger partial charge in [0.05, 0.1) is 11.6 Å². The Morgan fingerprint density at radius 1 is 1.08 bits per heavy atom. The molecule has 0 bridgehead atoms. The van der Waals surface area contributed by atoms with Crippen molar-refractivity contribution in [3.05, 3.63) is 58.3 Å². The predicted octanol–water partition coefficient (Wildman–Crippen LogP) is 3.89. The first-order chi connectivity index (χ1) is 12.0. The van der Waals surface area contributed by atoms with Gasteiger partial charge in [-0.25, -0.2) is 4.39 Å². The Hall–Kier alpha value is -1.82. The zero-order chi connectivity index (χ0) is 17.8. The number of halogens is 3. The predicted molar refractivity (Wildman–Crippen MR) is 100 cm³/mol. The molecule has 3 rings (SSSR count). The second kappa shape index (κ2) is 8.04. The standard InChI is InChI=1S/C18H18Cl2FN3O/c19-13-2-1-3-15(10-13)24-8-6-23(7-9-24)12-18(25)22-14-4-5-17(21)16(20)11-14/h1-5,10-11H,6-9,12H2,(H,22,25). The van der Waals surface area contributed by atoms with Gasteiger partial charge in [-0.05, 0) is 36.4 Å². The van der Waals surface area contributed by atoms with Gasteiger partial charge in [0.2, 0.25) is 5.91 Å². The van der Waals surface area contributed by atoms with E-state index < -0.39 is 5.82 Å². The van der Waals surface area contributed by atoms with Crippen LogP contribution in [0.1, 0.15) is 0 Å². The molecule has 1 heterocycles. The van der Waals surface area contributed by atoms with Crippen molar-refractivity contribution in [3.63, 3.8) is 0 Å². The summed E-state index contributed by atoms with van der Waals surface area (Å²) in [5, 5.41) is 3.46. The van der Waals surface area contributed by atoms with Crippen molar-refractivity contribution in [3.8, 4) is 0 Å². The van der Waals surface area contributed by atoms with Gasteiger partial charge in [-0.15, -0.1) is 0 Å². The molecular formula is C18H18Cl2FN3O. The average Bonchev–Trinajstić information content (AvgIpc) is 2.59. The normalized spacial score (nSPS) is 15.2. The summed E-state index contributed by atoms with van der Waals surface area (Å²) in [5.41, 5.74) is 1.59. The lowest BCUT2D eigenvalue weighted by atomic mass is 10.2. The lowest BCUT2D eigenvalue weighted by Gasteiger charge is -2.35. The van der Waals surface area contributed by atoms with E-state index in [-0.39, 0.29) is 10.9 Å². The second-order valence-corrected chi connectivity index (χ2v) is 6.76. The van der Waals surface area contributed by atoms with Crippen molar-refractivity contribution < 1.29 is 9.18 Å². The fourth-order valence-corrected chi connectivity index (χ4v) is 3.18. The van der Waals surface area contributed by atoms with E-state index in [9.17, 15) is 9.18 Å². The molecule has 1 N–H and O–H groups in total. The Morgan fingerprint density at radius 2 is 1.84 bits per heavy atom. The Kier molecular flexibility index (Phi) is 5.78. The van der Waals surface area contributed by atoms with Crippen molar-refractivity contribution in [1.82, 2.24) is 4.90 Å². The van der Waals surface area contributed by atoms with E-state index in [1.54, 1.807) is 0 Å². The third-order valence-electron chi connectivity index (χ3n) is 4.12. The number of amides is 1. The second-order valence-electron chi connectivity index (χ2n) is 5.92. The highest BCUT2D eigenvalue weighted by atomic mass is 35.5. The Bertz CT molecular complexity index is 764. The zero-order valence-corrected chi connectivity index (χ0v) is 15.0. The molecule has 0 unspecified atom stereocenters. The van der Waals surface area contributed by atoms with E-state index in [0.717, 1.165) is 36.9 Å². The number of carbonyl (C=O) groups excluding carboxylic acids is 1. The fraction of sp³-hybridized carbons (Fsp3) is 0.278. The lowest BCUT2D eigenvalue weighted by Crippen LogP contribution is -2.48. The molecular weight excluding hydrogens is 364 g/mol. The summed E-state index contributed by atoms with van der Waals surface area (Å²) in [6.07, 6.45) is 0. The molecule has 7 heteroatoms. The van der Waals surface area contributed by atoms with Crippen LogP contribution in [0.5, 0.6) is 0 Å². The molecule has 0 saturated carbocycles. The summed E-state index contributed by atoms with van der Waals surface area (Å²) < 4.78 is 13.1. The van der Waals surface area contributed by atoms with E-state index in [1.807, 2.05) is 24.3 Å². The third kappa shape index (κ3) is 4.84. The first-order valence-corrected chi connectivity index (χ1v) is 8.74. The fourth-order valence-electron chi connectivity index (χ4n) is 2.81. The van der Waals surface area contributed by atoms with Gasteiger partial charge in [0, 0.05) is 42.6 Å². The van der Waals surface area contributed by atoms with E-state index in [0.29, 0.717) is 12.2 Å². The topological polar surface area (TPSA) is 35.6 Å². The Labute approximate surface area is 156 Å². The maximum absolute atomic E-state index is 13.1. The SMILES string of the molecule is O=C(CN1CCN(c2cccc(Cl)c2)CC1)Nc1ccc(F)c(Cl)c1. The molecule has 0 radical (unpaired) electrons. The summed E-state index contributed by atoms with van der Waals surface area (Å²) in [6, 6.07) is 11.9. The van der Waals surface area contributed by atoms with Crippen LogP contribution in [0.15, 0.2) is 42.5 Å². The summed E-state index contributed by atoms with van der Waals surface area (Å²) in [5.74, 6) is -0.643. The van der Waals surface area contributed by atoms with Gasteiger partial charge in [-0.1, -0.05) is 29.3 Å². The van der Waals surface area contributed by atoms with Crippen LogP contribution in [-0.4, -0.2) is 43.5 Å². The third-order valence-corrected chi connectivity index (χ3v) is 4.64. The van der Waals surface area contributed by atoms with Gasteiger partial charge in [-0.2, -0.15) is 0 Å². The molecule has 2 aromatic carbocycles. The molecule has 0 aromatic heterocycles. The molecule has 1 aliphatic rings. The highest BCUT2D eigenvalue weighted by Gasteiger charge is 2.19. The Balaban J connectivity index is 1.50. The number of anilines is 2. The van der Waals surface area contributed by atoms with Gasteiger partial charge < -0.3 is 10.2 Å². The maximum atomic E-state index is 13.1. The lowest BCUT2D eigenvalue weighted by molar-refractivity contribution is -0.117. The van der Waals surface area contributed by atoms with Gasteiger partial charge in [-0.3, -0.25) is 9.69 Å². The molecule has 0 atom stereocenters. The summed E-state index contributed by atoms with van der Waals surface area (Å²) in [4.78, 5) is 16.5. The highest BCUT2D eigenvalue weighted by molar-refractivity contribution is 6.31. The number of hydrogen-bond acceptors (Lipinski definition) is 3. The molecule has 1 amide bonds. The van der Waals surface area contributed by atoms with Crippen LogP contribution >= 0.6 is 23.2 Å². The van der Waals surface area contributed by atoms with Crippen molar-refractivity contribution in [2.24, 2.45) is 0 Å². The highest BCUT2D eigenvalue weighted by Crippen LogP contribution is 2.21. The van der Waals surface area contributed by atoms with Crippen LogP contribution in [0, 0.1) is 5.82 Å². The zero-order valence-electron chi connectivity index (χ0n) is 13.5. The number of benzene rings is 2. The van der Waals surface area contributed by atoms with Crippen LogP contribution < -0.4 is 10.2 Å². The van der Waals surface area contributed by atoms with Crippen LogP contribution in [-0.2, 0) is 4.79 Å². The number of nitrogens with one attached hydrogen (secondary N) is 1. The Morgan fingerprint density at radius 3 is 2.52 bits per heavy atom. The minimum absolute atomic E-state index is 0.00654. The van der Waals surface area contributed by atoms with Crippen molar-refractivity contribution in [2.75, 3.05) is 42.9 Å². The minimum atomic E-state index is -0.503. The number of hydrogen-bond donors (Lipinski definition) is 1. The van der Waals surface area contributed by atoms with E-state index in [1.165, 1.54) is 18.2 Å². The van der Waals surface area contributed by atoms with Crippen LogP contribution in [0.2, 0.25) is 10.0 Å². The molecule has 132 valence electrons. The first kappa shape index (κ1) is 18.0. The van der Waals surface area contributed by atoms with Gasteiger partial charge in [0.15, 0.2) is 0 Å². The quantitative estimate of drug-likeness (QED) is 0.872. The van der Waals surface area contributed by atoms with Gasteiger partial charge >= 0.3 is 0 Å². The van der Waals surface area contributed by atoms with Crippen molar-refractivity contribution in [2.45, 2.75) is 0 Å². The molecule has 1 fully saturated rings. The summed E-state index contributed by atoms with van der Waals surface area (Å²) >= 11 is 11.8. The molecule has 2 aromatic rings. The van der Waals surface area contributed by atoms with Gasteiger partial charge in [0.25, 0.3) is 0 Å². The van der Waals surface area contributed by atoms with Crippen molar-refractivity contribution in [1.29, 1.82) is 0 Å². The molecule has 25 heavy (non-hydrogen) atoms. The average molecular weight is 382 g/mol. The van der Waals surface area contributed by atoms with E-state index in [4.69, 9.17) is 23.2 Å². The van der Waals surface area contributed by atoms with Crippen LogP contribution in [0.3, 0.4) is 0 Å². The van der Waals surface area contributed by atoms with Crippen LogP contribution in [0.4, 0.5) is 15.8 Å².